The molecule has 1 amide bonds. The molecule has 0 atom stereocenters. The lowest BCUT2D eigenvalue weighted by Crippen LogP contribution is -2.41. The first kappa shape index (κ1) is 16.3. The lowest BCUT2D eigenvalue weighted by Gasteiger charge is -2.23. The summed E-state index contributed by atoms with van der Waals surface area (Å²) in [6.07, 6.45) is -3.94. The van der Waals surface area contributed by atoms with Crippen molar-refractivity contribution >= 4 is 11.6 Å². The van der Waals surface area contributed by atoms with Gasteiger partial charge in [-0.3, -0.25) is 9.48 Å². The van der Waals surface area contributed by atoms with Gasteiger partial charge in [-0.2, -0.15) is 18.3 Å². The van der Waals surface area contributed by atoms with Crippen molar-refractivity contribution in [3.8, 4) is 0 Å². The molecule has 1 aromatic rings. The summed E-state index contributed by atoms with van der Waals surface area (Å²) in [4.78, 5) is 12.8. The molecule has 1 heterocycles. The molecule has 0 aliphatic rings. The average Bonchev–Trinajstić information content (AvgIpc) is 2.55. The van der Waals surface area contributed by atoms with E-state index >= 15 is 0 Å². The van der Waals surface area contributed by atoms with Gasteiger partial charge in [-0.15, -0.1) is 0 Å². The van der Waals surface area contributed by atoms with E-state index in [4.69, 9.17) is 5.73 Å². The fraction of sp³-hybridized carbons (Fsp3) is 0.667. The number of aryl methyl sites for hydroxylation is 1. The van der Waals surface area contributed by atoms with Crippen LogP contribution in [-0.2, 0) is 11.3 Å². The molecular formula is C12H19F3N4O. The van der Waals surface area contributed by atoms with Crippen molar-refractivity contribution in [1.29, 1.82) is 0 Å². The van der Waals surface area contributed by atoms with Crippen LogP contribution in [0.15, 0.2) is 0 Å². The second kappa shape index (κ2) is 6.15. The fourth-order valence-electron chi connectivity index (χ4n) is 1.87. The zero-order chi connectivity index (χ0) is 15.5. The molecule has 1 rings (SSSR count). The van der Waals surface area contributed by atoms with Crippen LogP contribution in [0.3, 0.4) is 0 Å². The summed E-state index contributed by atoms with van der Waals surface area (Å²) in [5.41, 5.74) is 7.33. The Morgan fingerprint density at radius 3 is 2.40 bits per heavy atom. The molecule has 114 valence electrons. The third-order valence-electron chi connectivity index (χ3n) is 2.94. The predicted molar refractivity (Wildman–Crippen MR) is 69.0 cm³/mol. The Morgan fingerprint density at radius 2 is 2.00 bits per heavy atom. The number of halogens is 3. The third-order valence-corrected chi connectivity index (χ3v) is 2.94. The molecule has 0 unspecified atom stereocenters. The van der Waals surface area contributed by atoms with E-state index in [1.807, 2.05) is 0 Å². The molecule has 0 bridgehead atoms. The maximum atomic E-state index is 12.4. The number of hydrogen-bond acceptors (Lipinski definition) is 3. The monoisotopic (exact) mass is 292 g/mol. The molecule has 0 spiro atoms. The van der Waals surface area contributed by atoms with Crippen molar-refractivity contribution < 1.29 is 18.0 Å². The second-order valence-corrected chi connectivity index (χ2v) is 4.67. The number of alkyl halides is 3. The van der Waals surface area contributed by atoms with Crippen molar-refractivity contribution in [3.63, 3.8) is 0 Å². The topological polar surface area (TPSA) is 64.2 Å². The molecule has 20 heavy (non-hydrogen) atoms. The number of nitrogens with two attached hydrogens (primary N) is 1. The lowest BCUT2D eigenvalue weighted by molar-refractivity contribution is -0.161. The van der Waals surface area contributed by atoms with Crippen LogP contribution < -0.4 is 5.73 Å². The highest BCUT2D eigenvalue weighted by Gasteiger charge is 2.32. The van der Waals surface area contributed by atoms with Crippen LogP contribution in [0.5, 0.6) is 0 Å². The van der Waals surface area contributed by atoms with E-state index in [1.165, 1.54) is 4.68 Å². The number of rotatable bonds is 5. The highest BCUT2D eigenvalue weighted by atomic mass is 19.4. The highest BCUT2D eigenvalue weighted by Crippen LogP contribution is 2.18. The number of carbonyl (C=O) groups excluding carboxylic acids is 1. The van der Waals surface area contributed by atoms with Gasteiger partial charge in [0.1, 0.15) is 13.1 Å². The van der Waals surface area contributed by atoms with Crippen molar-refractivity contribution in [2.75, 3.05) is 18.8 Å². The second-order valence-electron chi connectivity index (χ2n) is 4.67. The normalized spacial score (nSPS) is 11.7. The average molecular weight is 292 g/mol. The SMILES string of the molecule is CCCN(CC(F)(F)F)C(=O)Cn1nc(C)c(N)c1C. The van der Waals surface area contributed by atoms with E-state index in [9.17, 15) is 18.0 Å². The minimum absolute atomic E-state index is 0.0626. The molecule has 0 saturated carbocycles. The van der Waals surface area contributed by atoms with Gasteiger partial charge in [0, 0.05) is 6.54 Å². The smallest absolute Gasteiger partial charge is 0.396 e. The minimum atomic E-state index is -4.40. The van der Waals surface area contributed by atoms with Crippen LogP contribution in [0.1, 0.15) is 24.7 Å². The molecule has 0 saturated heterocycles. The molecule has 0 aromatic carbocycles. The van der Waals surface area contributed by atoms with Crippen LogP contribution in [0.4, 0.5) is 18.9 Å². The van der Waals surface area contributed by atoms with Gasteiger partial charge >= 0.3 is 6.18 Å². The Morgan fingerprint density at radius 1 is 1.40 bits per heavy atom. The van der Waals surface area contributed by atoms with Gasteiger partial charge in [0.05, 0.1) is 17.1 Å². The molecule has 5 nitrogen and oxygen atoms in total. The predicted octanol–water partition coefficient (Wildman–Crippen LogP) is 1.88. The van der Waals surface area contributed by atoms with Crippen LogP contribution in [0.2, 0.25) is 0 Å². The minimum Gasteiger partial charge on any atom is -0.396 e. The van der Waals surface area contributed by atoms with Gasteiger partial charge in [0.15, 0.2) is 0 Å². The van der Waals surface area contributed by atoms with Crippen LogP contribution in [0, 0.1) is 13.8 Å². The van der Waals surface area contributed by atoms with Gasteiger partial charge in [-0.25, -0.2) is 0 Å². The third kappa shape index (κ3) is 4.14. The van der Waals surface area contributed by atoms with Gasteiger partial charge in [-0.05, 0) is 20.3 Å². The molecule has 1 aromatic heterocycles. The summed E-state index contributed by atoms with van der Waals surface area (Å²) >= 11 is 0. The highest BCUT2D eigenvalue weighted by molar-refractivity contribution is 5.76. The van der Waals surface area contributed by atoms with Gasteiger partial charge in [0.2, 0.25) is 5.91 Å². The van der Waals surface area contributed by atoms with E-state index in [2.05, 4.69) is 5.10 Å². The number of nitrogen functional groups attached to an aromatic ring is 1. The summed E-state index contributed by atoms with van der Waals surface area (Å²) < 4.78 is 38.7. The summed E-state index contributed by atoms with van der Waals surface area (Å²) in [5.74, 6) is -0.616. The Kier molecular flexibility index (Phi) is 5.02. The number of aromatic nitrogens is 2. The number of anilines is 1. The summed E-state index contributed by atoms with van der Waals surface area (Å²) in [5, 5.41) is 4.05. The van der Waals surface area contributed by atoms with Crippen molar-refractivity contribution in [1.82, 2.24) is 14.7 Å². The van der Waals surface area contributed by atoms with Gasteiger partial charge in [0.25, 0.3) is 0 Å². The summed E-state index contributed by atoms with van der Waals surface area (Å²) in [6.45, 7) is 3.67. The summed E-state index contributed by atoms with van der Waals surface area (Å²) in [7, 11) is 0. The van der Waals surface area contributed by atoms with Gasteiger partial charge < -0.3 is 10.6 Å². The van der Waals surface area contributed by atoms with Crippen LogP contribution in [-0.4, -0.2) is 39.9 Å². The Balaban J connectivity index is 2.82. The van der Waals surface area contributed by atoms with E-state index in [1.54, 1.807) is 20.8 Å². The first-order valence-corrected chi connectivity index (χ1v) is 6.29. The molecule has 8 heteroatoms. The molecule has 0 radical (unpaired) electrons. The Labute approximate surface area is 115 Å². The first-order valence-electron chi connectivity index (χ1n) is 6.29. The zero-order valence-electron chi connectivity index (χ0n) is 11.8. The fourth-order valence-corrected chi connectivity index (χ4v) is 1.87. The van der Waals surface area contributed by atoms with Crippen LogP contribution in [0.25, 0.3) is 0 Å². The van der Waals surface area contributed by atoms with E-state index < -0.39 is 18.6 Å². The van der Waals surface area contributed by atoms with Crippen molar-refractivity contribution in [2.24, 2.45) is 0 Å². The standard InChI is InChI=1S/C12H19F3N4O/c1-4-5-18(7-12(13,14)15)10(20)6-19-9(3)11(16)8(2)17-19/h4-7,16H2,1-3H3. The van der Waals surface area contributed by atoms with E-state index in [0.717, 1.165) is 4.90 Å². The first-order chi connectivity index (χ1) is 9.15. The number of amides is 1. The number of hydrogen-bond donors (Lipinski definition) is 1. The molecule has 0 aliphatic carbocycles. The number of carbonyl (C=O) groups is 1. The zero-order valence-corrected chi connectivity index (χ0v) is 11.8. The Bertz CT molecular complexity index is 482. The largest absolute Gasteiger partial charge is 0.406 e. The lowest BCUT2D eigenvalue weighted by atomic mass is 10.3. The Hall–Kier alpha value is -1.73. The molecule has 2 N–H and O–H groups in total. The van der Waals surface area contributed by atoms with Gasteiger partial charge in [-0.1, -0.05) is 6.92 Å². The van der Waals surface area contributed by atoms with E-state index in [-0.39, 0.29) is 13.1 Å². The maximum Gasteiger partial charge on any atom is 0.406 e. The maximum absolute atomic E-state index is 12.4. The molecule has 0 aliphatic heterocycles. The molecular weight excluding hydrogens is 273 g/mol. The van der Waals surface area contributed by atoms with Crippen LogP contribution >= 0.6 is 0 Å². The number of nitrogens with zero attached hydrogens (tertiary/aromatic N) is 3. The van der Waals surface area contributed by atoms with Crippen molar-refractivity contribution in [2.45, 2.75) is 39.9 Å². The molecule has 0 fully saturated rings. The quantitative estimate of drug-likeness (QED) is 0.901. The van der Waals surface area contributed by atoms with Crippen molar-refractivity contribution in [3.05, 3.63) is 11.4 Å². The van der Waals surface area contributed by atoms with E-state index in [0.29, 0.717) is 23.5 Å². The summed E-state index contributed by atoms with van der Waals surface area (Å²) in [6, 6.07) is 0.